The molecule has 2 aliphatic rings. The molecule has 2 aromatic heterocycles. The minimum Gasteiger partial charge on any atom is -0.333 e. The SMILES string of the molecule is O=C(/C=C/c1c(-c2ccccc2)nn2ccccc12)N1C2CCC1CC2. The summed E-state index contributed by atoms with van der Waals surface area (Å²) >= 11 is 0. The average Bonchev–Trinajstić information content (AvgIpc) is 3.39. The molecule has 0 saturated carbocycles. The van der Waals surface area contributed by atoms with Gasteiger partial charge in [-0.05, 0) is 43.9 Å². The highest BCUT2D eigenvalue weighted by Gasteiger charge is 2.41. The van der Waals surface area contributed by atoms with E-state index in [2.05, 4.69) is 17.0 Å². The molecule has 0 aliphatic carbocycles. The topological polar surface area (TPSA) is 37.6 Å². The van der Waals surface area contributed by atoms with Crippen molar-refractivity contribution in [2.24, 2.45) is 0 Å². The summed E-state index contributed by atoms with van der Waals surface area (Å²) in [5, 5.41) is 4.74. The van der Waals surface area contributed by atoms with Gasteiger partial charge < -0.3 is 4.90 Å². The van der Waals surface area contributed by atoms with Crippen molar-refractivity contribution in [2.75, 3.05) is 0 Å². The Morgan fingerprint density at radius 2 is 1.65 bits per heavy atom. The lowest BCUT2D eigenvalue weighted by Crippen LogP contribution is -2.33. The molecule has 2 aliphatic heterocycles. The molecule has 3 aromatic rings. The number of carbonyl (C=O) groups is 1. The van der Waals surface area contributed by atoms with E-state index < -0.39 is 0 Å². The second-order valence-electron chi connectivity index (χ2n) is 7.20. The molecular weight excluding hydrogens is 322 g/mol. The lowest BCUT2D eigenvalue weighted by molar-refractivity contribution is -0.127. The van der Waals surface area contributed by atoms with Gasteiger partial charge in [0.15, 0.2) is 0 Å². The Kier molecular flexibility index (Phi) is 3.63. The Hall–Kier alpha value is -2.88. The Labute approximate surface area is 152 Å². The first-order valence-corrected chi connectivity index (χ1v) is 9.34. The van der Waals surface area contributed by atoms with Gasteiger partial charge in [0.25, 0.3) is 0 Å². The van der Waals surface area contributed by atoms with Gasteiger partial charge in [-0.25, -0.2) is 4.52 Å². The fraction of sp³-hybridized carbons (Fsp3) is 0.273. The van der Waals surface area contributed by atoms with Gasteiger partial charge in [-0.15, -0.1) is 0 Å². The van der Waals surface area contributed by atoms with Gasteiger partial charge in [0.1, 0.15) is 5.69 Å². The van der Waals surface area contributed by atoms with E-state index in [4.69, 9.17) is 5.10 Å². The summed E-state index contributed by atoms with van der Waals surface area (Å²) in [5.41, 5.74) is 3.98. The zero-order valence-corrected chi connectivity index (χ0v) is 14.6. The molecule has 1 aromatic carbocycles. The molecule has 0 spiro atoms. The van der Waals surface area contributed by atoms with E-state index in [1.807, 2.05) is 53.2 Å². The molecular formula is C22H21N3O. The molecule has 0 radical (unpaired) electrons. The zero-order chi connectivity index (χ0) is 17.5. The van der Waals surface area contributed by atoms with Crippen LogP contribution in [0.3, 0.4) is 0 Å². The third kappa shape index (κ3) is 2.45. The maximum atomic E-state index is 12.8. The van der Waals surface area contributed by atoms with Gasteiger partial charge in [0.05, 0.1) is 5.52 Å². The largest absolute Gasteiger partial charge is 0.333 e. The molecule has 1 amide bonds. The summed E-state index contributed by atoms with van der Waals surface area (Å²) in [6.07, 6.45) is 10.3. The van der Waals surface area contributed by atoms with E-state index in [0.29, 0.717) is 12.1 Å². The van der Waals surface area contributed by atoms with Crippen LogP contribution in [0.5, 0.6) is 0 Å². The summed E-state index contributed by atoms with van der Waals surface area (Å²) in [5.74, 6) is 0.143. The Bertz CT molecular complexity index is 969. The number of hydrogen-bond donors (Lipinski definition) is 0. The van der Waals surface area contributed by atoms with Crippen molar-refractivity contribution in [3.8, 4) is 11.3 Å². The third-order valence-electron chi connectivity index (χ3n) is 5.73. The zero-order valence-electron chi connectivity index (χ0n) is 14.6. The van der Waals surface area contributed by atoms with E-state index in [-0.39, 0.29) is 5.91 Å². The van der Waals surface area contributed by atoms with E-state index in [1.54, 1.807) is 6.08 Å². The van der Waals surface area contributed by atoms with Crippen molar-refractivity contribution >= 4 is 17.5 Å². The van der Waals surface area contributed by atoms with Crippen molar-refractivity contribution < 1.29 is 4.79 Å². The highest BCUT2D eigenvalue weighted by atomic mass is 16.2. The Balaban J connectivity index is 1.54. The van der Waals surface area contributed by atoms with Crippen molar-refractivity contribution in [2.45, 2.75) is 37.8 Å². The van der Waals surface area contributed by atoms with Crippen LogP contribution in [0.4, 0.5) is 0 Å². The predicted octanol–water partition coefficient (Wildman–Crippen LogP) is 4.17. The van der Waals surface area contributed by atoms with Crippen LogP contribution in [-0.2, 0) is 4.79 Å². The maximum absolute atomic E-state index is 12.8. The Morgan fingerprint density at radius 1 is 0.962 bits per heavy atom. The van der Waals surface area contributed by atoms with E-state index in [9.17, 15) is 4.79 Å². The van der Waals surface area contributed by atoms with E-state index in [0.717, 1.165) is 48.0 Å². The summed E-state index contributed by atoms with van der Waals surface area (Å²) in [6.45, 7) is 0. The van der Waals surface area contributed by atoms with Gasteiger partial charge in [0.2, 0.25) is 5.91 Å². The molecule has 2 fully saturated rings. The van der Waals surface area contributed by atoms with Gasteiger partial charge in [0, 0.05) is 35.5 Å². The Morgan fingerprint density at radius 3 is 2.38 bits per heavy atom. The molecule has 4 heteroatoms. The minimum absolute atomic E-state index is 0.143. The second kappa shape index (κ2) is 6.13. The van der Waals surface area contributed by atoms with E-state index in [1.165, 1.54) is 0 Å². The van der Waals surface area contributed by atoms with Crippen LogP contribution in [0.1, 0.15) is 31.2 Å². The quantitative estimate of drug-likeness (QED) is 0.670. The molecule has 4 nitrogen and oxygen atoms in total. The number of pyridine rings is 1. The molecule has 2 bridgehead atoms. The summed E-state index contributed by atoms with van der Waals surface area (Å²) in [6, 6.07) is 17.1. The first kappa shape index (κ1) is 15.4. The lowest BCUT2D eigenvalue weighted by Gasteiger charge is -2.19. The standard InChI is InChI=1S/C22H21N3O/c26-21(25-17-9-10-18(25)12-11-17)14-13-19-20-8-4-5-15-24(20)23-22(19)16-6-2-1-3-7-16/h1-8,13-15,17-18H,9-12H2/b14-13+. The number of nitrogens with zero attached hydrogens (tertiary/aromatic N) is 3. The van der Waals surface area contributed by atoms with Crippen molar-refractivity contribution in [1.82, 2.24) is 14.5 Å². The number of benzene rings is 1. The number of carbonyl (C=O) groups excluding carboxylic acids is 1. The highest BCUT2D eigenvalue weighted by Crippen LogP contribution is 2.37. The second-order valence-corrected chi connectivity index (χ2v) is 7.20. The summed E-state index contributed by atoms with van der Waals surface area (Å²) < 4.78 is 1.88. The van der Waals surface area contributed by atoms with Crippen molar-refractivity contribution in [1.29, 1.82) is 0 Å². The van der Waals surface area contributed by atoms with E-state index >= 15 is 0 Å². The normalized spacial score (nSPS) is 21.9. The fourth-order valence-electron chi connectivity index (χ4n) is 4.50. The van der Waals surface area contributed by atoms with Crippen LogP contribution in [0, 0.1) is 0 Å². The third-order valence-corrected chi connectivity index (χ3v) is 5.73. The van der Waals surface area contributed by atoms with Gasteiger partial charge in [-0.2, -0.15) is 5.10 Å². The number of fused-ring (bicyclic) bond motifs is 3. The van der Waals surface area contributed by atoms with Crippen LogP contribution in [-0.4, -0.2) is 32.5 Å². The maximum Gasteiger partial charge on any atom is 0.247 e. The summed E-state index contributed by atoms with van der Waals surface area (Å²) in [4.78, 5) is 14.9. The molecule has 0 atom stereocenters. The molecule has 0 N–H and O–H groups in total. The molecule has 4 heterocycles. The van der Waals surface area contributed by atoms with Gasteiger partial charge in [-0.3, -0.25) is 4.79 Å². The molecule has 130 valence electrons. The van der Waals surface area contributed by atoms with Gasteiger partial charge in [-0.1, -0.05) is 36.4 Å². The predicted molar refractivity (Wildman–Crippen MR) is 103 cm³/mol. The number of hydrogen-bond acceptors (Lipinski definition) is 2. The van der Waals surface area contributed by atoms with Crippen molar-refractivity contribution in [3.63, 3.8) is 0 Å². The molecule has 26 heavy (non-hydrogen) atoms. The first-order valence-electron chi connectivity index (χ1n) is 9.34. The molecule has 2 saturated heterocycles. The monoisotopic (exact) mass is 343 g/mol. The molecule has 5 rings (SSSR count). The molecule has 0 unspecified atom stereocenters. The number of aromatic nitrogens is 2. The minimum atomic E-state index is 0.143. The van der Waals surface area contributed by atoms with Crippen molar-refractivity contribution in [3.05, 3.63) is 66.4 Å². The average molecular weight is 343 g/mol. The number of rotatable bonds is 3. The van der Waals surface area contributed by atoms with Crippen LogP contribution < -0.4 is 0 Å². The van der Waals surface area contributed by atoms with Crippen LogP contribution in [0.2, 0.25) is 0 Å². The smallest absolute Gasteiger partial charge is 0.247 e. The first-order chi connectivity index (χ1) is 12.8. The highest BCUT2D eigenvalue weighted by molar-refractivity contribution is 5.95. The van der Waals surface area contributed by atoms with Crippen LogP contribution in [0.15, 0.2) is 60.8 Å². The fourth-order valence-corrected chi connectivity index (χ4v) is 4.50. The lowest BCUT2D eigenvalue weighted by atomic mass is 10.0. The van der Waals surface area contributed by atoms with Crippen LogP contribution in [0.25, 0.3) is 22.9 Å². The number of amides is 1. The van der Waals surface area contributed by atoms with Gasteiger partial charge >= 0.3 is 0 Å². The van der Waals surface area contributed by atoms with Crippen LogP contribution >= 0.6 is 0 Å². The summed E-state index contributed by atoms with van der Waals surface area (Å²) in [7, 11) is 0.